The molecule has 0 aromatic carbocycles. The van der Waals surface area contributed by atoms with E-state index in [-0.39, 0.29) is 6.10 Å². The van der Waals surface area contributed by atoms with Crippen LogP contribution in [0.25, 0.3) is 0 Å². The molecular weight excluding hydrogens is 230 g/mol. The number of rotatable bonds is 8. The van der Waals surface area contributed by atoms with Gasteiger partial charge in [0.15, 0.2) is 0 Å². The summed E-state index contributed by atoms with van der Waals surface area (Å²) in [6.45, 7) is 5.68. The van der Waals surface area contributed by atoms with E-state index >= 15 is 0 Å². The Morgan fingerprint density at radius 2 is 2.00 bits per heavy atom. The van der Waals surface area contributed by atoms with Gasteiger partial charge in [-0.2, -0.15) is 0 Å². The summed E-state index contributed by atoms with van der Waals surface area (Å²) in [7, 11) is 0. The zero-order valence-corrected chi connectivity index (χ0v) is 11.8. The van der Waals surface area contributed by atoms with Gasteiger partial charge in [-0.25, -0.2) is 0 Å². The molecule has 1 aliphatic rings. The van der Waals surface area contributed by atoms with Gasteiger partial charge in [0.25, 0.3) is 0 Å². The van der Waals surface area contributed by atoms with Crippen molar-refractivity contribution in [2.45, 2.75) is 64.3 Å². The number of aliphatic hydroxyl groups excluding tert-OH is 2. The molecule has 4 atom stereocenters. The van der Waals surface area contributed by atoms with Crippen molar-refractivity contribution in [2.75, 3.05) is 19.7 Å². The molecule has 0 heterocycles. The van der Waals surface area contributed by atoms with Crippen molar-refractivity contribution in [1.29, 1.82) is 0 Å². The lowest BCUT2D eigenvalue weighted by atomic mass is 9.88. The molecule has 1 rings (SSSR count). The van der Waals surface area contributed by atoms with Crippen molar-refractivity contribution in [3.8, 4) is 0 Å². The molecule has 0 bridgehead atoms. The SMILES string of the molecule is CC(O)CCNCC(O)COC1CCCCC1C. The van der Waals surface area contributed by atoms with Crippen LogP contribution in [-0.4, -0.2) is 48.2 Å². The largest absolute Gasteiger partial charge is 0.393 e. The Balaban J connectivity index is 2.03. The Kier molecular flexibility index (Phi) is 7.82. The van der Waals surface area contributed by atoms with E-state index < -0.39 is 6.10 Å². The van der Waals surface area contributed by atoms with E-state index in [0.717, 1.165) is 13.0 Å². The van der Waals surface area contributed by atoms with Crippen LogP contribution in [0.4, 0.5) is 0 Å². The Hall–Kier alpha value is -0.160. The van der Waals surface area contributed by atoms with Gasteiger partial charge in [0.1, 0.15) is 0 Å². The summed E-state index contributed by atoms with van der Waals surface area (Å²) in [4.78, 5) is 0. The molecule has 0 aromatic rings. The Morgan fingerprint density at radius 3 is 2.67 bits per heavy atom. The van der Waals surface area contributed by atoms with Crippen molar-refractivity contribution >= 4 is 0 Å². The molecule has 4 unspecified atom stereocenters. The number of ether oxygens (including phenoxy) is 1. The summed E-state index contributed by atoms with van der Waals surface area (Å²) >= 11 is 0. The molecule has 4 nitrogen and oxygen atoms in total. The van der Waals surface area contributed by atoms with E-state index in [1.54, 1.807) is 6.92 Å². The summed E-state index contributed by atoms with van der Waals surface area (Å²) in [5.41, 5.74) is 0. The highest BCUT2D eigenvalue weighted by Gasteiger charge is 2.22. The predicted octanol–water partition coefficient (Wildman–Crippen LogP) is 1.30. The second kappa shape index (κ2) is 8.86. The van der Waals surface area contributed by atoms with Crippen molar-refractivity contribution in [2.24, 2.45) is 5.92 Å². The van der Waals surface area contributed by atoms with Gasteiger partial charge in [-0.3, -0.25) is 0 Å². The summed E-state index contributed by atoms with van der Waals surface area (Å²) in [5.74, 6) is 0.620. The van der Waals surface area contributed by atoms with Crippen LogP contribution in [0.3, 0.4) is 0 Å². The highest BCUT2D eigenvalue weighted by atomic mass is 16.5. The van der Waals surface area contributed by atoms with Crippen LogP contribution in [0.5, 0.6) is 0 Å². The van der Waals surface area contributed by atoms with Gasteiger partial charge >= 0.3 is 0 Å². The molecular formula is C14H29NO3. The minimum absolute atomic E-state index is 0.283. The monoisotopic (exact) mass is 259 g/mol. The van der Waals surface area contributed by atoms with E-state index in [1.807, 2.05) is 0 Å². The summed E-state index contributed by atoms with van der Waals surface area (Å²) in [6.07, 6.45) is 5.24. The standard InChI is InChI=1S/C14H29NO3/c1-11-5-3-4-6-14(11)18-10-13(17)9-15-8-7-12(2)16/h11-17H,3-10H2,1-2H3. The van der Waals surface area contributed by atoms with E-state index in [0.29, 0.717) is 31.6 Å². The zero-order chi connectivity index (χ0) is 13.4. The first-order valence-electron chi connectivity index (χ1n) is 7.28. The quantitative estimate of drug-likeness (QED) is 0.575. The van der Waals surface area contributed by atoms with Crippen molar-refractivity contribution in [3.63, 3.8) is 0 Å². The lowest BCUT2D eigenvalue weighted by molar-refractivity contribution is -0.0451. The third-order valence-corrected chi connectivity index (χ3v) is 3.65. The molecule has 0 spiro atoms. The average molecular weight is 259 g/mol. The summed E-state index contributed by atoms with van der Waals surface area (Å²) < 4.78 is 5.80. The summed E-state index contributed by atoms with van der Waals surface area (Å²) in [6, 6.07) is 0. The highest BCUT2D eigenvalue weighted by molar-refractivity contribution is 4.73. The second-order valence-corrected chi connectivity index (χ2v) is 5.63. The molecule has 1 saturated carbocycles. The highest BCUT2D eigenvalue weighted by Crippen LogP contribution is 2.26. The second-order valence-electron chi connectivity index (χ2n) is 5.63. The smallest absolute Gasteiger partial charge is 0.0897 e. The number of hydrogen-bond donors (Lipinski definition) is 3. The van der Waals surface area contributed by atoms with Gasteiger partial charge in [-0.15, -0.1) is 0 Å². The van der Waals surface area contributed by atoms with Crippen molar-refractivity contribution < 1.29 is 14.9 Å². The minimum atomic E-state index is -0.451. The molecule has 0 amide bonds. The van der Waals surface area contributed by atoms with Gasteiger partial charge in [-0.1, -0.05) is 19.8 Å². The molecule has 0 aromatic heterocycles. The van der Waals surface area contributed by atoms with Gasteiger partial charge in [0.05, 0.1) is 24.9 Å². The van der Waals surface area contributed by atoms with Gasteiger partial charge < -0.3 is 20.3 Å². The third-order valence-electron chi connectivity index (χ3n) is 3.65. The van der Waals surface area contributed by atoms with Crippen LogP contribution < -0.4 is 5.32 Å². The van der Waals surface area contributed by atoms with Gasteiger partial charge in [0, 0.05) is 6.54 Å². The molecule has 3 N–H and O–H groups in total. The fraction of sp³-hybridized carbons (Fsp3) is 1.00. The molecule has 18 heavy (non-hydrogen) atoms. The van der Waals surface area contributed by atoms with E-state index in [4.69, 9.17) is 9.84 Å². The molecule has 108 valence electrons. The lowest BCUT2D eigenvalue weighted by Crippen LogP contribution is -2.35. The van der Waals surface area contributed by atoms with Gasteiger partial charge in [-0.05, 0) is 38.6 Å². The predicted molar refractivity (Wildman–Crippen MR) is 72.5 cm³/mol. The minimum Gasteiger partial charge on any atom is -0.393 e. The maximum atomic E-state index is 9.78. The average Bonchev–Trinajstić information content (AvgIpc) is 2.33. The normalized spacial score (nSPS) is 28.0. The fourth-order valence-electron chi connectivity index (χ4n) is 2.40. The zero-order valence-electron chi connectivity index (χ0n) is 11.8. The van der Waals surface area contributed by atoms with Crippen LogP contribution in [0, 0.1) is 5.92 Å². The van der Waals surface area contributed by atoms with Crippen molar-refractivity contribution in [1.82, 2.24) is 5.32 Å². The topological polar surface area (TPSA) is 61.7 Å². The summed E-state index contributed by atoms with van der Waals surface area (Å²) in [5, 5.41) is 22.0. The first-order chi connectivity index (χ1) is 8.59. The van der Waals surface area contributed by atoms with E-state index in [1.165, 1.54) is 19.3 Å². The van der Waals surface area contributed by atoms with Crippen LogP contribution in [0.1, 0.15) is 46.0 Å². The Bertz CT molecular complexity index is 211. The molecule has 4 heteroatoms. The molecule has 0 aliphatic heterocycles. The molecule has 1 fully saturated rings. The van der Waals surface area contributed by atoms with Crippen LogP contribution in [-0.2, 0) is 4.74 Å². The number of aliphatic hydroxyl groups is 2. The Labute approximate surface area is 111 Å². The van der Waals surface area contributed by atoms with Crippen LogP contribution in [0.15, 0.2) is 0 Å². The fourth-order valence-corrected chi connectivity index (χ4v) is 2.40. The van der Waals surface area contributed by atoms with E-state index in [2.05, 4.69) is 12.2 Å². The lowest BCUT2D eigenvalue weighted by Gasteiger charge is -2.29. The Morgan fingerprint density at radius 1 is 1.28 bits per heavy atom. The third kappa shape index (κ3) is 6.69. The molecule has 0 radical (unpaired) electrons. The molecule has 0 saturated heterocycles. The van der Waals surface area contributed by atoms with Crippen LogP contribution in [0.2, 0.25) is 0 Å². The maximum Gasteiger partial charge on any atom is 0.0897 e. The number of nitrogens with one attached hydrogen (secondary N) is 1. The maximum absolute atomic E-state index is 9.78. The van der Waals surface area contributed by atoms with E-state index in [9.17, 15) is 5.11 Å². The molecule has 1 aliphatic carbocycles. The van der Waals surface area contributed by atoms with Crippen molar-refractivity contribution in [3.05, 3.63) is 0 Å². The number of hydrogen-bond acceptors (Lipinski definition) is 4. The first kappa shape index (κ1) is 15.9. The van der Waals surface area contributed by atoms with Gasteiger partial charge in [0.2, 0.25) is 0 Å². The first-order valence-corrected chi connectivity index (χ1v) is 7.28. The van der Waals surface area contributed by atoms with Crippen LogP contribution >= 0.6 is 0 Å².